The van der Waals surface area contributed by atoms with Crippen LogP contribution in [-0.2, 0) is 14.8 Å². The van der Waals surface area contributed by atoms with Crippen LogP contribution in [0.2, 0.25) is 0 Å². The molecule has 0 aliphatic heterocycles. The number of sulfonamides is 1. The molecule has 3 rings (SSSR count). The Labute approximate surface area is 184 Å². The molecule has 32 heavy (non-hydrogen) atoms. The first-order valence-corrected chi connectivity index (χ1v) is 10.7. The SMILES string of the molecule is COc1ccc(/C=C/C(=O)O)cc1S(=O)(=O)Nc1cccc(C(=O)Nc2ccncc2)c1. The Morgan fingerprint density at radius 1 is 1.03 bits per heavy atom. The Morgan fingerprint density at radius 3 is 2.47 bits per heavy atom. The first-order chi connectivity index (χ1) is 15.3. The Bertz CT molecular complexity index is 1270. The van der Waals surface area contributed by atoms with E-state index in [9.17, 15) is 18.0 Å². The molecule has 164 valence electrons. The number of nitrogens with one attached hydrogen (secondary N) is 2. The minimum Gasteiger partial charge on any atom is -0.495 e. The molecule has 0 atom stereocenters. The van der Waals surface area contributed by atoms with E-state index in [-0.39, 0.29) is 21.9 Å². The minimum atomic E-state index is -4.11. The van der Waals surface area contributed by atoms with Gasteiger partial charge in [-0.1, -0.05) is 12.1 Å². The van der Waals surface area contributed by atoms with E-state index in [2.05, 4.69) is 15.0 Å². The van der Waals surface area contributed by atoms with Crippen LogP contribution in [0.5, 0.6) is 5.75 Å². The predicted molar refractivity (Wildman–Crippen MR) is 119 cm³/mol. The number of nitrogens with zero attached hydrogens (tertiary/aromatic N) is 1. The lowest BCUT2D eigenvalue weighted by Crippen LogP contribution is -2.16. The fourth-order valence-electron chi connectivity index (χ4n) is 2.75. The maximum absolute atomic E-state index is 13.0. The lowest BCUT2D eigenvalue weighted by molar-refractivity contribution is -0.131. The Morgan fingerprint density at radius 2 is 1.78 bits per heavy atom. The van der Waals surface area contributed by atoms with E-state index in [1.54, 1.807) is 24.3 Å². The van der Waals surface area contributed by atoms with Crippen molar-refractivity contribution in [2.45, 2.75) is 4.90 Å². The molecule has 0 saturated heterocycles. The summed E-state index contributed by atoms with van der Waals surface area (Å²) < 4.78 is 33.6. The molecule has 0 aliphatic rings. The number of amides is 1. The molecule has 0 saturated carbocycles. The van der Waals surface area contributed by atoms with Crippen molar-refractivity contribution in [3.63, 3.8) is 0 Å². The molecule has 0 unspecified atom stereocenters. The van der Waals surface area contributed by atoms with Gasteiger partial charge < -0.3 is 15.2 Å². The molecular formula is C22H19N3O6S. The molecular weight excluding hydrogens is 434 g/mol. The average molecular weight is 453 g/mol. The highest BCUT2D eigenvalue weighted by molar-refractivity contribution is 7.92. The number of pyridine rings is 1. The standard InChI is InChI=1S/C22H19N3O6S/c1-31-19-7-5-15(6-8-21(26)27)13-20(19)32(29,30)25-18-4-2-3-16(14-18)22(28)24-17-9-11-23-12-10-17/h2-14,25H,1H3,(H,26,27)(H,23,24,28)/b8-6+. The summed E-state index contributed by atoms with van der Waals surface area (Å²) in [6.07, 6.45) is 5.24. The lowest BCUT2D eigenvalue weighted by Gasteiger charge is -2.13. The van der Waals surface area contributed by atoms with E-state index in [0.29, 0.717) is 11.3 Å². The third-order valence-electron chi connectivity index (χ3n) is 4.21. The van der Waals surface area contributed by atoms with Gasteiger partial charge in [-0.3, -0.25) is 14.5 Å². The van der Waals surface area contributed by atoms with Gasteiger partial charge in [0, 0.05) is 35.4 Å². The van der Waals surface area contributed by atoms with Crippen molar-refractivity contribution in [2.75, 3.05) is 17.1 Å². The number of hydrogen-bond acceptors (Lipinski definition) is 6. The van der Waals surface area contributed by atoms with Crippen molar-refractivity contribution in [3.05, 3.63) is 84.2 Å². The van der Waals surface area contributed by atoms with E-state index in [4.69, 9.17) is 9.84 Å². The smallest absolute Gasteiger partial charge is 0.328 e. The molecule has 9 nitrogen and oxygen atoms in total. The largest absolute Gasteiger partial charge is 0.495 e. The van der Waals surface area contributed by atoms with Crippen LogP contribution in [0.15, 0.2) is 78.0 Å². The van der Waals surface area contributed by atoms with Gasteiger partial charge in [0.2, 0.25) is 0 Å². The Kier molecular flexibility index (Phi) is 6.86. The predicted octanol–water partition coefficient (Wildman–Crippen LogP) is 3.24. The molecule has 0 fully saturated rings. The monoisotopic (exact) mass is 453 g/mol. The summed E-state index contributed by atoms with van der Waals surface area (Å²) in [7, 11) is -2.79. The molecule has 10 heteroatoms. The van der Waals surface area contributed by atoms with E-state index >= 15 is 0 Å². The number of hydrogen-bond donors (Lipinski definition) is 3. The third-order valence-corrected chi connectivity index (χ3v) is 5.61. The number of anilines is 2. The van der Waals surface area contributed by atoms with Gasteiger partial charge in [-0.15, -0.1) is 0 Å². The first-order valence-electron chi connectivity index (χ1n) is 9.22. The van der Waals surface area contributed by atoms with Gasteiger partial charge in [0.25, 0.3) is 15.9 Å². The molecule has 0 spiro atoms. The number of carboxylic acid groups (broad SMARTS) is 1. The summed E-state index contributed by atoms with van der Waals surface area (Å²) in [5.74, 6) is -1.50. The molecule has 1 aromatic heterocycles. The second-order valence-corrected chi connectivity index (χ2v) is 8.11. The maximum atomic E-state index is 13.0. The number of carboxylic acids is 1. The zero-order valence-electron chi connectivity index (χ0n) is 16.8. The fraction of sp³-hybridized carbons (Fsp3) is 0.0455. The molecule has 3 aromatic rings. The summed E-state index contributed by atoms with van der Waals surface area (Å²) in [5.41, 5.74) is 1.32. The number of carbonyl (C=O) groups is 2. The highest BCUT2D eigenvalue weighted by Crippen LogP contribution is 2.28. The zero-order chi connectivity index (χ0) is 23.1. The summed E-state index contributed by atoms with van der Waals surface area (Å²) in [6, 6.07) is 13.5. The van der Waals surface area contributed by atoms with Crippen LogP contribution in [0.1, 0.15) is 15.9 Å². The molecule has 0 bridgehead atoms. The van der Waals surface area contributed by atoms with Gasteiger partial charge in [-0.05, 0) is 54.1 Å². The minimum absolute atomic E-state index is 0.0801. The fourth-order valence-corrected chi connectivity index (χ4v) is 4.00. The number of benzene rings is 2. The van der Waals surface area contributed by atoms with Gasteiger partial charge in [0.15, 0.2) is 0 Å². The van der Waals surface area contributed by atoms with Crippen molar-refractivity contribution >= 4 is 39.4 Å². The molecule has 0 aliphatic carbocycles. The number of methoxy groups -OCH3 is 1. The van der Waals surface area contributed by atoms with Crippen LogP contribution >= 0.6 is 0 Å². The summed E-state index contributed by atoms with van der Waals surface area (Å²) in [5, 5.41) is 11.5. The number of aromatic nitrogens is 1. The Hall–Kier alpha value is -4.18. The van der Waals surface area contributed by atoms with Gasteiger partial charge >= 0.3 is 5.97 Å². The second-order valence-electron chi connectivity index (χ2n) is 6.46. The van der Waals surface area contributed by atoms with Crippen LogP contribution in [0, 0.1) is 0 Å². The van der Waals surface area contributed by atoms with Crippen LogP contribution in [-0.4, -0.2) is 37.5 Å². The zero-order valence-corrected chi connectivity index (χ0v) is 17.7. The van der Waals surface area contributed by atoms with Crippen molar-refractivity contribution in [1.82, 2.24) is 4.98 Å². The van der Waals surface area contributed by atoms with E-state index in [1.165, 1.54) is 55.9 Å². The molecule has 1 amide bonds. The van der Waals surface area contributed by atoms with Crippen molar-refractivity contribution < 1.29 is 27.9 Å². The molecule has 1 heterocycles. The lowest BCUT2D eigenvalue weighted by atomic mass is 10.2. The quantitative estimate of drug-likeness (QED) is 0.446. The molecule has 3 N–H and O–H groups in total. The number of aliphatic carboxylic acids is 1. The number of ether oxygens (including phenoxy) is 1. The van der Waals surface area contributed by atoms with Gasteiger partial charge in [-0.25, -0.2) is 13.2 Å². The van der Waals surface area contributed by atoms with E-state index < -0.39 is 21.9 Å². The van der Waals surface area contributed by atoms with Crippen LogP contribution in [0.3, 0.4) is 0 Å². The summed E-state index contributed by atoms with van der Waals surface area (Å²) >= 11 is 0. The number of carbonyl (C=O) groups excluding carboxylic acids is 1. The summed E-state index contributed by atoms with van der Waals surface area (Å²) in [4.78, 5) is 26.9. The highest BCUT2D eigenvalue weighted by atomic mass is 32.2. The Balaban J connectivity index is 1.87. The molecule has 2 aromatic carbocycles. The second kappa shape index (κ2) is 9.75. The third kappa shape index (κ3) is 5.70. The highest BCUT2D eigenvalue weighted by Gasteiger charge is 2.21. The summed E-state index contributed by atoms with van der Waals surface area (Å²) in [6.45, 7) is 0. The van der Waals surface area contributed by atoms with E-state index in [1.807, 2.05) is 0 Å². The number of rotatable bonds is 8. The van der Waals surface area contributed by atoms with Crippen molar-refractivity contribution in [2.24, 2.45) is 0 Å². The normalized spacial score (nSPS) is 11.2. The van der Waals surface area contributed by atoms with Crippen LogP contribution in [0.4, 0.5) is 11.4 Å². The van der Waals surface area contributed by atoms with Gasteiger partial charge in [0.05, 0.1) is 7.11 Å². The van der Waals surface area contributed by atoms with Gasteiger partial charge in [0.1, 0.15) is 10.6 Å². The topological polar surface area (TPSA) is 135 Å². The van der Waals surface area contributed by atoms with E-state index in [0.717, 1.165) is 6.08 Å². The van der Waals surface area contributed by atoms with Gasteiger partial charge in [-0.2, -0.15) is 0 Å². The van der Waals surface area contributed by atoms with Crippen molar-refractivity contribution in [1.29, 1.82) is 0 Å². The van der Waals surface area contributed by atoms with Crippen LogP contribution in [0.25, 0.3) is 6.08 Å². The first kappa shape index (κ1) is 22.5. The molecule has 0 radical (unpaired) electrons. The van der Waals surface area contributed by atoms with Crippen LogP contribution < -0.4 is 14.8 Å². The maximum Gasteiger partial charge on any atom is 0.328 e. The average Bonchev–Trinajstić information content (AvgIpc) is 2.78. The van der Waals surface area contributed by atoms with Crippen molar-refractivity contribution in [3.8, 4) is 5.75 Å².